The van der Waals surface area contributed by atoms with Crippen molar-refractivity contribution in [2.75, 3.05) is 26.2 Å². The Morgan fingerprint density at radius 3 is 2.65 bits per heavy atom. The number of benzene rings is 1. The molecule has 110 valence electrons. The van der Waals surface area contributed by atoms with Gasteiger partial charge in [-0.2, -0.15) is 0 Å². The van der Waals surface area contributed by atoms with Crippen LogP contribution in [-0.4, -0.2) is 40.6 Å². The maximum absolute atomic E-state index is 12.1. The minimum absolute atomic E-state index is 0. The summed E-state index contributed by atoms with van der Waals surface area (Å²) in [6, 6.07) is 8.20. The average Bonchev–Trinajstić information content (AvgIpc) is 2.76. The molecule has 1 aromatic carbocycles. The van der Waals surface area contributed by atoms with E-state index >= 15 is 0 Å². The van der Waals surface area contributed by atoms with Gasteiger partial charge in [0.15, 0.2) is 0 Å². The standard InChI is InChI=1S/C14H20N4O.ClH/c15-7-10-17-8-5-11(6-9-17)18-13-4-2-1-3-12(13)16-14(18)19;/h1-4,11H,5-10,15H2,(H,16,19);1H. The first-order chi connectivity index (χ1) is 9.29. The van der Waals surface area contributed by atoms with Gasteiger partial charge in [0.2, 0.25) is 0 Å². The van der Waals surface area contributed by atoms with E-state index in [-0.39, 0.29) is 18.1 Å². The van der Waals surface area contributed by atoms with Crippen LogP contribution in [0.15, 0.2) is 29.1 Å². The van der Waals surface area contributed by atoms with Crippen LogP contribution in [0, 0.1) is 0 Å². The molecule has 0 radical (unpaired) electrons. The molecule has 0 bridgehead atoms. The van der Waals surface area contributed by atoms with Gasteiger partial charge < -0.3 is 15.6 Å². The van der Waals surface area contributed by atoms with Crippen molar-refractivity contribution in [2.24, 2.45) is 5.73 Å². The maximum Gasteiger partial charge on any atom is 0.326 e. The number of halogens is 1. The van der Waals surface area contributed by atoms with Crippen LogP contribution in [0.4, 0.5) is 0 Å². The number of fused-ring (bicyclic) bond motifs is 1. The Balaban J connectivity index is 0.00000147. The first kappa shape index (κ1) is 15.1. The lowest BCUT2D eigenvalue weighted by molar-refractivity contribution is 0.191. The van der Waals surface area contributed by atoms with Crippen molar-refractivity contribution in [3.8, 4) is 0 Å². The Kier molecular flexibility index (Phi) is 4.86. The minimum Gasteiger partial charge on any atom is -0.329 e. The third kappa shape index (κ3) is 2.75. The third-order valence-corrected chi connectivity index (χ3v) is 3.99. The zero-order chi connectivity index (χ0) is 13.2. The predicted molar refractivity (Wildman–Crippen MR) is 83.6 cm³/mol. The van der Waals surface area contributed by atoms with Crippen LogP contribution in [0.5, 0.6) is 0 Å². The fourth-order valence-electron chi connectivity index (χ4n) is 3.02. The maximum atomic E-state index is 12.1. The number of hydrogen-bond donors (Lipinski definition) is 2. The molecule has 0 saturated carbocycles. The largest absolute Gasteiger partial charge is 0.329 e. The molecule has 1 fully saturated rings. The summed E-state index contributed by atoms with van der Waals surface area (Å²) in [6.07, 6.45) is 2.03. The minimum atomic E-state index is 0. The lowest BCUT2D eigenvalue weighted by atomic mass is 10.0. The Hall–Kier alpha value is -1.30. The van der Waals surface area contributed by atoms with E-state index in [2.05, 4.69) is 9.88 Å². The van der Waals surface area contributed by atoms with Crippen LogP contribution < -0.4 is 11.4 Å². The summed E-state index contributed by atoms with van der Waals surface area (Å²) in [5, 5.41) is 0. The molecule has 0 atom stereocenters. The second-order valence-electron chi connectivity index (χ2n) is 5.18. The number of rotatable bonds is 3. The molecule has 0 unspecified atom stereocenters. The van der Waals surface area contributed by atoms with E-state index in [1.54, 1.807) is 0 Å². The molecule has 0 amide bonds. The van der Waals surface area contributed by atoms with Crippen molar-refractivity contribution >= 4 is 23.4 Å². The van der Waals surface area contributed by atoms with Crippen LogP contribution in [-0.2, 0) is 0 Å². The number of H-pyrrole nitrogens is 1. The zero-order valence-electron chi connectivity index (χ0n) is 11.4. The van der Waals surface area contributed by atoms with Crippen LogP contribution in [0.2, 0.25) is 0 Å². The molecule has 1 saturated heterocycles. The first-order valence-corrected chi connectivity index (χ1v) is 6.91. The van der Waals surface area contributed by atoms with Crippen molar-refractivity contribution in [1.82, 2.24) is 14.5 Å². The highest BCUT2D eigenvalue weighted by atomic mass is 35.5. The summed E-state index contributed by atoms with van der Waals surface area (Å²) in [5.74, 6) is 0. The number of nitrogens with zero attached hydrogens (tertiary/aromatic N) is 2. The number of aromatic amines is 1. The van der Waals surface area contributed by atoms with E-state index in [4.69, 9.17) is 5.73 Å². The van der Waals surface area contributed by atoms with Crippen molar-refractivity contribution in [2.45, 2.75) is 18.9 Å². The predicted octanol–water partition coefficient (Wildman–Crippen LogP) is 1.35. The molecule has 0 aliphatic carbocycles. The van der Waals surface area contributed by atoms with E-state index in [1.807, 2.05) is 28.8 Å². The second kappa shape index (κ2) is 6.43. The molecule has 2 aromatic rings. The number of likely N-dealkylation sites (tertiary alicyclic amines) is 1. The Morgan fingerprint density at radius 2 is 1.95 bits per heavy atom. The molecule has 20 heavy (non-hydrogen) atoms. The molecule has 5 nitrogen and oxygen atoms in total. The zero-order valence-corrected chi connectivity index (χ0v) is 12.2. The van der Waals surface area contributed by atoms with Crippen LogP contribution in [0.3, 0.4) is 0 Å². The van der Waals surface area contributed by atoms with Gasteiger partial charge >= 0.3 is 5.69 Å². The fourth-order valence-corrected chi connectivity index (χ4v) is 3.02. The number of imidazole rings is 1. The highest BCUT2D eigenvalue weighted by molar-refractivity contribution is 5.85. The average molecular weight is 297 g/mol. The number of nitrogens with one attached hydrogen (secondary N) is 1. The summed E-state index contributed by atoms with van der Waals surface area (Å²) >= 11 is 0. The second-order valence-corrected chi connectivity index (χ2v) is 5.18. The summed E-state index contributed by atoms with van der Waals surface area (Å²) in [4.78, 5) is 17.4. The lowest BCUT2D eigenvalue weighted by Crippen LogP contribution is -2.39. The van der Waals surface area contributed by atoms with E-state index in [0.29, 0.717) is 12.6 Å². The Bertz CT molecular complexity index is 613. The lowest BCUT2D eigenvalue weighted by Gasteiger charge is -2.32. The van der Waals surface area contributed by atoms with Crippen LogP contribution >= 0.6 is 12.4 Å². The normalized spacial score (nSPS) is 17.2. The molecule has 6 heteroatoms. The fraction of sp³-hybridized carbons (Fsp3) is 0.500. The van der Waals surface area contributed by atoms with Crippen molar-refractivity contribution in [3.05, 3.63) is 34.7 Å². The smallest absolute Gasteiger partial charge is 0.326 e. The quantitative estimate of drug-likeness (QED) is 0.898. The molecule has 3 rings (SSSR count). The monoisotopic (exact) mass is 296 g/mol. The molecular formula is C14H21ClN4O. The Morgan fingerprint density at radius 1 is 1.25 bits per heavy atom. The van der Waals surface area contributed by atoms with Crippen LogP contribution in [0.1, 0.15) is 18.9 Å². The number of para-hydroxylation sites is 2. The Labute approximate surface area is 124 Å². The highest BCUT2D eigenvalue weighted by Crippen LogP contribution is 2.24. The molecule has 1 aliphatic heterocycles. The molecular weight excluding hydrogens is 276 g/mol. The van der Waals surface area contributed by atoms with E-state index in [0.717, 1.165) is 43.5 Å². The van der Waals surface area contributed by atoms with Crippen LogP contribution in [0.25, 0.3) is 11.0 Å². The number of piperidine rings is 1. The van der Waals surface area contributed by atoms with Gasteiger partial charge in [-0.15, -0.1) is 12.4 Å². The summed E-state index contributed by atoms with van der Waals surface area (Å²) in [6.45, 7) is 3.70. The number of nitrogens with two attached hydrogens (primary N) is 1. The molecule has 1 aromatic heterocycles. The highest BCUT2D eigenvalue weighted by Gasteiger charge is 2.22. The summed E-state index contributed by atoms with van der Waals surface area (Å²) in [5.41, 5.74) is 7.54. The van der Waals surface area contributed by atoms with Crippen molar-refractivity contribution in [1.29, 1.82) is 0 Å². The SMILES string of the molecule is Cl.NCCN1CCC(n2c(=O)[nH]c3ccccc32)CC1. The number of aromatic nitrogens is 2. The van der Waals surface area contributed by atoms with Gasteiger partial charge in [0.25, 0.3) is 0 Å². The van der Waals surface area contributed by atoms with Crippen molar-refractivity contribution < 1.29 is 0 Å². The molecule has 1 aliphatic rings. The third-order valence-electron chi connectivity index (χ3n) is 3.99. The molecule has 0 spiro atoms. The van der Waals surface area contributed by atoms with Gasteiger partial charge in [-0.25, -0.2) is 4.79 Å². The van der Waals surface area contributed by atoms with Gasteiger partial charge in [-0.1, -0.05) is 12.1 Å². The topological polar surface area (TPSA) is 67.0 Å². The molecule has 3 N–H and O–H groups in total. The number of hydrogen-bond acceptors (Lipinski definition) is 3. The summed E-state index contributed by atoms with van der Waals surface area (Å²) < 4.78 is 1.93. The van der Waals surface area contributed by atoms with Gasteiger partial charge in [-0.05, 0) is 25.0 Å². The van der Waals surface area contributed by atoms with Gasteiger partial charge in [0.05, 0.1) is 11.0 Å². The van der Waals surface area contributed by atoms with Gasteiger partial charge in [0.1, 0.15) is 0 Å². The van der Waals surface area contributed by atoms with Gasteiger partial charge in [0, 0.05) is 32.2 Å². The van der Waals surface area contributed by atoms with Gasteiger partial charge in [-0.3, -0.25) is 4.57 Å². The van der Waals surface area contributed by atoms with E-state index in [1.165, 1.54) is 0 Å². The van der Waals surface area contributed by atoms with Crippen molar-refractivity contribution in [3.63, 3.8) is 0 Å². The first-order valence-electron chi connectivity index (χ1n) is 6.91. The summed E-state index contributed by atoms with van der Waals surface area (Å²) in [7, 11) is 0. The van der Waals surface area contributed by atoms with E-state index < -0.39 is 0 Å². The molecule has 2 heterocycles. The van der Waals surface area contributed by atoms with E-state index in [9.17, 15) is 4.79 Å².